The lowest BCUT2D eigenvalue weighted by Crippen LogP contribution is -2.03. The van der Waals surface area contributed by atoms with E-state index in [2.05, 4.69) is 4.99 Å². The second kappa shape index (κ2) is 5.31. The fourth-order valence-electron chi connectivity index (χ4n) is 1.94. The van der Waals surface area contributed by atoms with Crippen molar-refractivity contribution in [3.8, 4) is 0 Å². The van der Waals surface area contributed by atoms with Crippen LogP contribution in [0.25, 0.3) is 0 Å². The quantitative estimate of drug-likeness (QED) is 0.739. The Kier molecular flexibility index (Phi) is 3.51. The number of ether oxygens (including phenoxy) is 1. The van der Waals surface area contributed by atoms with Crippen LogP contribution in [0.2, 0.25) is 0 Å². The Morgan fingerprint density at radius 1 is 1.20 bits per heavy atom. The number of esters is 1. The fourth-order valence-corrected chi connectivity index (χ4v) is 3.32. The Morgan fingerprint density at radius 3 is 2.80 bits per heavy atom. The smallest absolute Gasteiger partial charge is 0.337 e. The maximum atomic E-state index is 11.6. The van der Waals surface area contributed by atoms with Gasteiger partial charge in [-0.15, -0.1) is 0 Å². The summed E-state index contributed by atoms with van der Waals surface area (Å²) < 4.78 is 4.74. The van der Waals surface area contributed by atoms with Crippen LogP contribution in [-0.2, 0) is 4.74 Å². The van der Waals surface area contributed by atoms with Crippen molar-refractivity contribution in [1.82, 2.24) is 0 Å². The lowest BCUT2D eigenvalue weighted by molar-refractivity contribution is 0.0600. The maximum absolute atomic E-state index is 11.6. The number of aliphatic imine (C=N–C) groups is 1. The molecule has 1 aliphatic rings. The van der Waals surface area contributed by atoms with Crippen LogP contribution in [-0.4, -0.2) is 18.2 Å². The Balaban J connectivity index is 2.14. The molecule has 3 nitrogen and oxygen atoms in total. The Hall–Kier alpha value is -1.78. The van der Waals surface area contributed by atoms with Crippen LogP contribution in [0.1, 0.15) is 15.9 Å². The minimum atomic E-state index is -0.362. The molecule has 2 aromatic carbocycles. The second-order valence-electron chi connectivity index (χ2n) is 4.17. The molecule has 0 saturated heterocycles. The first-order valence-electron chi connectivity index (χ1n) is 5.93. The molecule has 20 heavy (non-hydrogen) atoms. The van der Waals surface area contributed by atoms with E-state index in [-0.39, 0.29) is 5.97 Å². The number of carbonyl (C=O) groups is 1. The number of carbonyl (C=O) groups excluding carboxylic acids is 1. The van der Waals surface area contributed by atoms with E-state index < -0.39 is 0 Å². The van der Waals surface area contributed by atoms with Crippen molar-refractivity contribution in [2.45, 2.75) is 9.79 Å². The highest BCUT2D eigenvalue weighted by Crippen LogP contribution is 2.41. The topological polar surface area (TPSA) is 38.7 Å². The van der Waals surface area contributed by atoms with Crippen molar-refractivity contribution in [3.05, 3.63) is 53.6 Å². The van der Waals surface area contributed by atoms with Gasteiger partial charge >= 0.3 is 5.97 Å². The van der Waals surface area contributed by atoms with Gasteiger partial charge in [-0.05, 0) is 30.3 Å². The third-order valence-electron chi connectivity index (χ3n) is 2.93. The first-order chi connectivity index (χ1) is 9.69. The third-order valence-corrected chi connectivity index (χ3v) is 4.34. The third kappa shape index (κ3) is 2.32. The summed E-state index contributed by atoms with van der Waals surface area (Å²) in [7, 11) is 1.37. The van der Waals surface area contributed by atoms with Gasteiger partial charge in [-0.2, -0.15) is 0 Å². The van der Waals surface area contributed by atoms with Crippen molar-refractivity contribution in [2.24, 2.45) is 4.99 Å². The highest BCUT2D eigenvalue weighted by atomic mass is 35.5. The van der Waals surface area contributed by atoms with E-state index in [9.17, 15) is 4.79 Å². The largest absolute Gasteiger partial charge is 0.465 e. The normalized spacial score (nSPS) is 12.8. The number of hydrogen-bond donors (Lipinski definition) is 0. The summed E-state index contributed by atoms with van der Waals surface area (Å²) in [6, 6.07) is 13.0. The lowest BCUT2D eigenvalue weighted by atomic mass is 10.1. The van der Waals surface area contributed by atoms with Crippen LogP contribution in [0.5, 0.6) is 0 Å². The van der Waals surface area contributed by atoms with Gasteiger partial charge in [0.15, 0.2) is 0 Å². The van der Waals surface area contributed by atoms with Crippen molar-refractivity contribution in [1.29, 1.82) is 0 Å². The van der Waals surface area contributed by atoms with E-state index in [0.29, 0.717) is 10.7 Å². The summed E-state index contributed by atoms with van der Waals surface area (Å²) in [4.78, 5) is 17.9. The Labute approximate surface area is 125 Å². The molecule has 5 heteroatoms. The number of methoxy groups -OCH3 is 1. The second-order valence-corrected chi connectivity index (χ2v) is 5.62. The number of halogens is 1. The molecule has 0 fully saturated rings. The molecular formula is C15H10ClNO2S. The molecule has 100 valence electrons. The molecule has 0 spiro atoms. The molecule has 3 rings (SSSR count). The lowest BCUT2D eigenvalue weighted by Gasteiger charge is -2.07. The van der Waals surface area contributed by atoms with E-state index in [4.69, 9.17) is 16.3 Å². The van der Waals surface area contributed by atoms with Gasteiger partial charge in [0, 0.05) is 15.4 Å². The summed E-state index contributed by atoms with van der Waals surface area (Å²) in [5.74, 6) is -0.362. The summed E-state index contributed by atoms with van der Waals surface area (Å²) in [6.07, 6.45) is 0. The summed E-state index contributed by atoms with van der Waals surface area (Å²) in [5, 5.41) is 0.425. The molecular weight excluding hydrogens is 294 g/mol. The monoisotopic (exact) mass is 303 g/mol. The molecule has 0 aliphatic carbocycles. The molecule has 0 amide bonds. The zero-order valence-electron chi connectivity index (χ0n) is 10.6. The minimum Gasteiger partial charge on any atom is -0.465 e. The molecule has 0 bridgehead atoms. The average molecular weight is 304 g/mol. The van der Waals surface area contributed by atoms with Crippen LogP contribution < -0.4 is 0 Å². The summed E-state index contributed by atoms with van der Waals surface area (Å²) in [6.45, 7) is 0. The van der Waals surface area contributed by atoms with Crippen LogP contribution in [0, 0.1) is 0 Å². The van der Waals surface area contributed by atoms with Crippen molar-refractivity contribution < 1.29 is 9.53 Å². The SMILES string of the molecule is COC(=O)c1ccc2c(c1)Sc1ccccc1N=C2Cl. The highest BCUT2D eigenvalue weighted by molar-refractivity contribution is 7.99. The van der Waals surface area contributed by atoms with Crippen LogP contribution in [0.15, 0.2) is 57.2 Å². The molecule has 2 aromatic rings. The average Bonchev–Trinajstić information content (AvgIpc) is 2.61. The molecule has 1 heterocycles. The maximum Gasteiger partial charge on any atom is 0.337 e. The van der Waals surface area contributed by atoms with Gasteiger partial charge in [0.2, 0.25) is 0 Å². The number of rotatable bonds is 1. The van der Waals surface area contributed by atoms with Gasteiger partial charge in [0.05, 0.1) is 18.4 Å². The zero-order valence-corrected chi connectivity index (χ0v) is 12.2. The van der Waals surface area contributed by atoms with Crippen molar-refractivity contribution >= 4 is 40.2 Å². The summed E-state index contributed by atoms with van der Waals surface area (Å²) >= 11 is 7.81. The van der Waals surface area contributed by atoms with E-state index >= 15 is 0 Å². The first kappa shape index (κ1) is 13.2. The molecule has 1 aliphatic heterocycles. The molecule has 0 aromatic heterocycles. The van der Waals surface area contributed by atoms with Crippen LogP contribution >= 0.6 is 23.4 Å². The number of hydrogen-bond acceptors (Lipinski definition) is 4. The van der Waals surface area contributed by atoms with Crippen molar-refractivity contribution in [2.75, 3.05) is 7.11 Å². The predicted octanol–water partition coefficient (Wildman–Crippen LogP) is 4.25. The van der Waals surface area contributed by atoms with Gasteiger partial charge in [0.1, 0.15) is 5.17 Å². The number of para-hydroxylation sites is 1. The highest BCUT2D eigenvalue weighted by Gasteiger charge is 2.18. The van der Waals surface area contributed by atoms with Gasteiger partial charge in [0.25, 0.3) is 0 Å². The predicted molar refractivity (Wildman–Crippen MR) is 80.4 cm³/mol. The van der Waals surface area contributed by atoms with Crippen LogP contribution in [0.3, 0.4) is 0 Å². The summed E-state index contributed by atoms with van der Waals surface area (Å²) in [5.41, 5.74) is 2.15. The number of fused-ring (bicyclic) bond motifs is 2. The van der Waals surface area contributed by atoms with E-state index in [1.54, 1.807) is 30.0 Å². The van der Waals surface area contributed by atoms with E-state index in [1.807, 2.05) is 24.3 Å². The minimum absolute atomic E-state index is 0.362. The molecule has 0 radical (unpaired) electrons. The number of nitrogens with zero attached hydrogens (tertiary/aromatic N) is 1. The fraction of sp³-hybridized carbons (Fsp3) is 0.0667. The van der Waals surface area contributed by atoms with Gasteiger partial charge < -0.3 is 4.74 Å². The van der Waals surface area contributed by atoms with E-state index in [1.165, 1.54) is 7.11 Å². The van der Waals surface area contributed by atoms with Gasteiger partial charge in [-0.3, -0.25) is 0 Å². The molecule has 0 unspecified atom stereocenters. The molecule has 0 saturated carbocycles. The number of benzene rings is 2. The Morgan fingerprint density at radius 2 is 2.00 bits per heavy atom. The first-order valence-corrected chi connectivity index (χ1v) is 7.12. The molecule has 0 atom stereocenters. The van der Waals surface area contributed by atoms with Gasteiger partial charge in [-0.1, -0.05) is 35.5 Å². The zero-order chi connectivity index (χ0) is 14.1. The van der Waals surface area contributed by atoms with Gasteiger partial charge in [-0.25, -0.2) is 9.79 Å². The van der Waals surface area contributed by atoms with Crippen molar-refractivity contribution in [3.63, 3.8) is 0 Å². The standard InChI is InChI=1S/C15H10ClNO2S/c1-19-15(18)9-6-7-10-13(8-9)20-12-5-3-2-4-11(12)17-14(10)16/h2-8H,1H3. The molecule has 0 N–H and O–H groups in total. The van der Waals surface area contributed by atoms with Crippen LogP contribution in [0.4, 0.5) is 5.69 Å². The van der Waals surface area contributed by atoms with E-state index in [0.717, 1.165) is 21.0 Å². The Bertz CT molecular complexity index is 728.